The van der Waals surface area contributed by atoms with Crippen molar-refractivity contribution in [3.63, 3.8) is 0 Å². The number of hydrogen-bond donors (Lipinski definition) is 3. The van der Waals surface area contributed by atoms with E-state index in [-0.39, 0.29) is 11.9 Å². The molecule has 0 atom stereocenters. The highest BCUT2D eigenvalue weighted by Crippen LogP contribution is 1.93. The zero-order chi connectivity index (χ0) is 13.1. The smallest absolute Gasteiger partial charge is 0.221 e. The molecule has 0 aromatic rings. The van der Waals surface area contributed by atoms with Gasteiger partial charge in [-0.3, -0.25) is 5.41 Å². The molecule has 0 aliphatic carbocycles. The second-order valence-corrected chi connectivity index (χ2v) is 3.24. The number of ether oxygens (including phenoxy) is 2. The summed E-state index contributed by atoms with van der Waals surface area (Å²) < 4.78 is 10.5. The van der Waals surface area contributed by atoms with E-state index in [0.29, 0.717) is 39.5 Å². The van der Waals surface area contributed by atoms with Crippen molar-refractivity contribution in [3.05, 3.63) is 0 Å². The number of hydrogen-bond acceptors (Lipinski definition) is 3. The lowest BCUT2D eigenvalue weighted by Crippen LogP contribution is -2.37. The maximum atomic E-state index is 7.71. The van der Waals surface area contributed by atoms with Gasteiger partial charge in [0.1, 0.15) is 0 Å². The predicted molar refractivity (Wildman–Crippen MR) is 68.1 cm³/mol. The monoisotopic (exact) mass is 245 g/mol. The summed E-state index contributed by atoms with van der Waals surface area (Å²) in [7, 11) is 0. The lowest BCUT2D eigenvalue weighted by atomic mass is 10.5. The summed E-state index contributed by atoms with van der Waals surface area (Å²) in [6, 6.07) is 0. The fourth-order valence-corrected chi connectivity index (χ4v) is 1.15. The van der Waals surface area contributed by atoms with E-state index in [9.17, 15) is 0 Å². The summed E-state index contributed by atoms with van der Waals surface area (Å²) in [6.45, 7) is 7.34. The summed E-state index contributed by atoms with van der Waals surface area (Å²) in [5, 5.41) is 7.71. The molecule has 7 heteroatoms. The Hall–Kier alpha value is -1.34. The maximum Gasteiger partial charge on any atom is 0.221 e. The van der Waals surface area contributed by atoms with E-state index in [2.05, 4.69) is 4.99 Å². The van der Waals surface area contributed by atoms with Gasteiger partial charge in [-0.1, -0.05) is 0 Å². The Morgan fingerprint density at radius 1 is 1.12 bits per heavy atom. The van der Waals surface area contributed by atoms with Crippen LogP contribution in [0, 0.1) is 5.41 Å². The van der Waals surface area contributed by atoms with Crippen molar-refractivity contribution < 1.29 is 9.47 Å². The molecule has 0 aliphatic rings. The van der Waals surface area contributed by atoms with E-state index in [1.807, 2.05) is 13.8 Å². The molecule has 0 bridgehead atoms. The Bertz CT molecular complexity index is 231. The third-order valence-electron chi connectivity index (χ3n) is 1.95. The maximum absolute atomic E-state index is 7.71. The molecule has 0 aromatic carbocycles. The van der Waals surface area contributed by atoms with Gasteiger partial charge < -0.3 is 25.8 Å². The molecular weight excluding hydrogens is 222 g/mol. The Balaban J connectivity index is 4.18. The van der Waals surface area contributed by atoms with Crippen LogP contribution in [0.2, 0.25) is 0 Å². The fraction of sp³-hybridized carbons (Fsp3) is 0.800. The lowest BCUT2D eigenvalue weighted by Gasteiger charge is -2.22. The van der Waals surface area contributed by atoms with Gasteiger partial charge in [0.25, 0.3) is 0 Å². The molecule has 17 heavy (non-hydrogen) atoms. The highest BCUT2D eigenvalue weighted by molar-refractivity contribution is 5.91. The average Bonchev–Trinajstić information content (AvgIpc) is 2.26. The van der Waals surface area contributed by atoms with Gasteiger partial charge in [-0.25, -0.2) is 0 Å². The van der Waals surface area contributed by atoms with Crippen LogP contribution in [0.4, 0.5) is 0 Å². The van der Waals surface area contributed by atoms with Crippen LogP contribution in [0.3, 0.4) is 0 Å². The standard InChI is InChI=1S/C10H23N5O2/c1-3-16-7-5-15(6-8-17-4-2)10(13)14-9(11)12/h3-8H2,1-2H3,(H5,11,12,13,14). The molecule has 0 amide bonds. The van der Waals surface area contributed by atoms with Gasteiger partial charge in [-0.15, -0.1) is 0 Å². The molecule has 0 fully saturated rings. The number of rotatable bonds is 8. The van der Waals surface area contributed by atoms with E-state index in [0.717, 1.165) is 0 Å². The average molecular weight is 245 g/mol. The molecule has 0 spiro atoms. The molecular formula is C10H23N5O2. The van der Waals surface area contributed by atoms with Crippen LogP contribution >= 0.6 is 0 Å². The molecule has 7 nitrogen and oxygen atoms in total. The molecule has 0 aromatic heterocycles. The summed E-state index contributed by atoms with van der Waals surface area (Å²) in [4.78, 5) is 5.42. The van der Waals surface area contributed by atoms with E-state index in [1.54, 1.807) is 4.90 Å². The minimum atomic E-state index is -0.118. The van der Waals surface area contributed by atoms with Gasteiger partial charge >= 0.3 is 0 Å². The Morgan fingerprint density at radius 2 is 1.59 bits per heavy atom. The van der Waals surface area contributed by atoms with Crippen LogP contribution in [0.1, 0.15) is 13.8 Å². The predicted octanol–water partition coefficient (Wildman–Crippen LogP) is -0.430. The summed E-state index contributed by atoms with van der Waals surface area (Å²) in [6.07, 6.45) is 0. The molecule has 0 rings (SSSR count). The van der Waals surface area contributed by atoms with Crippen molar-refractivity contribution in [1.29, 1.82) is 5.41 Å². The Labute approximate surface area is 102 Å². The van der Waals surface area contributed by atoms with Crippen LogP contribution in [0.15, 0.2) is 4.99 Å². The highest BCUT2D eigenvalue weighted by atomic mass is 16.5. The van der Waals surface area contributed by atoms with Crippen molar-refractivity contribution in [1.82, 2.24) is 4.90 Å². The number of nitrogens with two attached hydrogens (primary N) is 2. The van der Waals surface area contributed by atoms with Crippen LogP contribution in [-0.4, -0.2) is 56.3 Å². The molecule has 0 heterocycles. The summed E-state index contributed by atoms with van der Waals surface area (Å²) in [5.41, 5.74) is 10.5. The van der Waals surface area contributed by atoms with Crippen molar-refractivity contribution >= 4 is 11.9 Å². The molecule has 0 radical (unpaired) electrons. The summed E-state index contributed by atoms with van der Waals surface area (Å²) >= 11 is 0. The van der Waals surface area contributed by atoms with E-state index < -0.39 is 0 Å². The second-order valence-electron chi connectivity index (χ2n) is 3.24. The van der Waals surface area contributed by atoms with Crippen LogP contribution < -0.4 is 11.5 Å². The zero-order valence-electron chi connectivity index (χ0n) is 10.6. The number of nitrogens with one attached hydrogen (secondary N) is 1. The van der Waals surface area contributed by atoms with Gasteiger partial charge in [0.2, 0.25) is 5.96 Å². The molecule has 5 N–H and O–H groups in total. The van der Waals surface area contributed by atoms with Crippen LogP contribution in [0.5, 0.6) is 0 Å². The topological polar surface area (TPSA) is 110 Å². The third-order valence-corrected chi connectivity index (χ3v) is 1.95. The minimum Gasteiger partial charge on any atom is -0.380 e. The first-order chi connectivity index (χ1) is 8.11. The molecule has 0 saturated carbocycles. The third kappa shape index (κ3) is 8.47. The van der Waals surface area contributed by atoms with Crippen LogP contribution in [-0.2, 0) is 9.47 Å². The largest absolute Gasteiger partial charge is 0.380 e. The van der Waals surface area contributed by atoms with E-state index >= 15 is 0 Å². The molecule has 100 valence electrons. The number of nitrogens with zero attached hydrogens (tertiary/aromatic N) is 2. The van der Waals surface area contributed by atoms with E-state index in [1.165, 1.54) is 0 Å². The van der Waals surface area contributed by atoms with Crippen molar-refractivity contribution in [2.75, 3.05) is 39.5 Å². The minimum absolute atomic E-state index is 0.0319. The van der Waals surface area contributed by atoms with Gasteiger partial charge in [0, 0.05) is 26.3 Å². The lowest BCUT2D eigenvalue weighted by molar-refractivity contribution is 0.106. The number of aliphatic imine (C=N–C) groups is 1. The quantitative estimate of drug-likeness (QED) is 0.305. The highest BCUT2D eigenvalue weighted by Gasteiger charge is 2.08. The van der Waals surface area contributed by atoms with Crippen molar-refractivity contribution in [2.24, 2.45) is 16.5 Å². The summed E-state index contributed by atoms with van der Waals surface area (Å²) in [5.74, 6) is -0.0859. The number of guanidine groups is 2. The van der Waals surface area contributed by atoms with Gasteiger partial charge in [0.15, 0.2) is 5.96 Å². The van der Waals surface area contributed by atoms with Crippen molar-refractivity contribution in [2.45, 2.75) is 13.8 Å². The molecule has 0 saturated heterocycles. The van der Waals surface area contributed by atoms with E-state index in [4.69, 9.17) is 26.4 Å². The van der Waals surface area contributed by atoms with Gasteiger partial charge in [0.05, 0.1) is 13.2 Å². The first-order valence-corrected chi connectivity index (χ1v) is 5.70. The Morgan fingerprint density at radius 3 is 1.94 bits per heavy atom. The fourth-order valence-electron chi connectivity index (χ4n) is 1.15. The SMILES string of the molecule is CCOCCN(CCOCC)C(=N)N=C(N)N. The zero-order valence-corrected chi connectivity index (χ0v) is 10.6. The normalized spacial score (nSPS) is 10.0. The van der Waals surface area contributed by atoms with Crippen LogP contribution in [0.25, 0.3) is 0 Å². The van der Waals surface area contributed by atoms with Gasteiger partial charge in [-0.05, 0) is 13.8 Å². The molecule has 0 unspecified atom stereocenters. The van der Waals surface area contributed by atoms with Crippen molar-refractivity contribution in [3.8, 4) is 0 Å². The second kappa shape index (κ2) is 9.86. The first-order valence-electron chi connectivity index (χ1n) is 5.70. The molecule has 0 aliphatic heterocycles. The first kappa shape index (κ1) is 15.7. The Kier molecular flexibility index (Phi) is 9.08. The van der Waals surface area contributed by atoms with Gasteiger partial charge in [-0.2, -0.15) is 4.99 Å².